The zero-order chi connectivity index (χ0) is 10.4. The Morgan fingerprint density at radius 2 is 1.57 bits per heavy atom. The van der Waals surface area contributed by atoms with Crippen molar-refractivity contribution in [3.63, 3.8) is 0 Å². The van der Waals surface area contributed by atoms with Crippen molar-refractivity contribution in [1.82, 2.24) is 4.90 Å². The SMILES string of the molecule is CCCC(C)C(C)CCN1CCCC1. The molecule has 0 aromatic carbocycles. The zero-order valence-corrected chi connectivity index (χ0v) is 10.3. The number of likely N-dealkylation sites (tertiary alicyclic amines) is 1. The molecule has 84 valence electrons. The van der Waals surface area contributed by atoms with Gasteiger partial charge in [0.15, 0.2) is 0 Å². The largest absolute Gasteiger partial charge is 0.303 e. The molecule has 14 heavy (non-hydrogen) atoms. The van der Waals surface area contributed by atoms with E-state index in [1.54, 1.807) is 0 Å². The van der Waals surface area contributed by atoms with Gasteiger partial charge in [-0.2, -0.15) is 0 Å². The third-order valence-corrected chi connectivity index (χ3v) is 3.81. The van der Waals surface area contributed by atoms with Gasteiger partial charge in [0.2, 0.25) is 0 Å². The van der Waals surface area contributed by atoms with E-state index in [1.807, 2.05) is 0 Å². The fraction of sp³-hybridized carbons (Fsp3) is 1.00. The van der Waals surface area contributed by atoms with Crippen LogP contribution in [0.15, 0.2) is 0 Å². The Hall–Kier alpha value is -0.0400. The molecule has 1 aliphatic rings. The van der Waals surface area contributed by atoms with E-state index in [0.29, 0.717) is 0 Å². The summed E-state index contributed by atoms with van der Waals surface area (Å²) in [6.45, 7) is 11.2. The molecule has 0 radical (unpaired) electrons. The van der Waals surface area contributed by atoms with E-state index in [1.165, 1.54) is 51.7 Å². The second-order valence-corrected chi connectivity index (χ2v) is 5.08. The Labute approximate surface area is 89.9 Å². The highest BCUT2D eigenvalue weighted by atomic mass is 15.1. The van der Waals surface area contributed by atoms with E-state index >= 15 is 0 Å². The third-order valence-electron chi connectivity index (χ3n) is 3.81. The van der Waals surface area contributed by atoms with Gasteiger partial charge in [0.25, 0.3) is 0 Å². The van der Waals surface area contributed by atoms with E-state index in [2.05, 4.69) is 25.7 Å². The summed E-state index contributed by atoms with van der Waals surface area (Å²) >= 11 is 0. The highest BCUT2D eigenvalue weighted by Crippen LogP contribution is 2.21. The smallest absolute Gasteiger partial charge is 0.00161 e. The molecule has 0 aliphatic carbocycles. The lowest BCUT2D eigenvalue weighted by atomic mass is 9.89. The first kappa shape index (κ1) is 12.0. The van der Waals surface area contributed by atoms with Crippen molar-refractivity contribution in [1.29, 1.82) is 0 Å². The summed E-state index contributed by atoms with van der Waals surface area (Å²) in [6.07, 6.45) is 7.01. The average Bonchev–Trinajstić information content (AvgIpc) is 2.67. The minimum absolute atomic E-state index is 0.913. The van der Waals surface area contributed by atoms with Crippen LogP contribution in [0.5, 0.6) is 0 Å². The molecule has 0 aromatic rings. The minimum atomic E-state index is 0.913. The molecule has 0 saturated carbocycles. The second kappa shape index (κ2) is 6.44. The molecule has 0 amide bonds. The van der Waals surface area contributed by atoms with Gasteiger partial charge in [0.05, 0.1) is 0 Å². The highest BCUT2D eigenvalue weighted by Gasteiger charge is 2.15. The van der Waals surface area contributed by atoms with Gasteiger partial charge in [-0.1, -0.05) is 33.6 Å². The van der Waals surface area contributed by atoms with Crippen LogP contribution >= 0.6 is 0 Å². The summed E-state index contributed by atoms with van der Waals surface area (Å²) < 4.78 is 0. The van der Waals surface area contributed by atoms with Crippen molar-refractivity contribution in [2.45, 2.75) is 52.9 Å². The number of rotatable bonds is 6. The zero-order valence-electron chi connectivity index (χ0n) is 10.3. The van der Waals surface area contributed by atoms with Crippen molar-refractivity contribution in [3.8, 4) is 0 Å². The monoisotopic (exact) mass is 197 g/mol. The Balaban J connectivity index is 2.09. The van der Waals surface area contributed by atoms with E-state index in [-0.39, 0.29) is 0 Å². The molecule has 1 nitrogen and oxygen atoms in total. The van der Waals surface area contributed by atoms with Crippen molar-refractivity contribution in [2.75, 3.05) is 19.6 Å². The molecule has 1 heteroatoms. The van der Waals surface area contributed by atoms with Crippen LogP contribution in [0.25, 0.3) is 0 Å². The quantitative estimate of drug-likeness (QED) is 0.629. The van der Waals surface area contributed by atoms with Crippen LogP contribution in [-0.4, -0.2) is 24.5 Å². The molecule has 1 fully saturated rings. The number of nitrogens with zero attached hydrogens (tertiary/aromatic N) is 1. The van der Waals surface area contributed by atoms with E-state index in [9.17, 15) is 0 Å². The topological polar surface area (TPSA) is 3.24 Å². The van der Waals surface area contributed by atoms with E-state index in [4.69, 9.17) is 0 Å². The minimum Gasteiger partial charge on any atom is -0.303 e. The molecular formula is C13H27N. The molecule has 0 aromatic heterocycles. The first-order valence-corrected chi connectivity index (χ1v) is 6.46. The second-order valence-electron chi connectivity index (χ2n) is 5.08. The molecule has 0 bridgehead atoms. The van der Waals surface area contributed by atoms with Gasteiger partial charge in [-0.15, -0.1) is 0 Å². The van der Waals surface area contributed by atoms with Crippen LogP contribution in [0.2, 0.25) is 0 Å². The molecule has 0 spiro atoms. The number of hydrogen-bond donors (Lipinski definition) is 0. The van der Waals surface area contributed by atoms with Gasteiger partial charge in [-0.05, 0) is 50.7 Å². The van der Waals surface area contributed by atoms with Crippen molar-refractivity contribution >= 4 is 0 Å². The van der Waals surface area contributed by atoms with E-state index in [0.717, 1.165) is 11.8 Å². The van der Waals surface area contributed by atoms with Crippen molar-refractivity contribution in [3.05, 3.63) is 0 Å². The maximum absolute atomic E-state index is 2.63. The molecule has 2 atom stereocenters. The summed E-state index contributed by atoms with van der Waals surface area (Å²) in [5, 5.41) is 0. The summed E-state index contributed by atoms with van der Waals surface area (Å²) in [6, 6.07) is 0. The highest BCUT2D eigenvalue weighted by molar-refractivity contribution is 4.69. The Kier molecular flexibility index (Phi) is 5.54. The van der Waals surface area contributed by atoms with Crippen molar-refractivity contribution in [2.24, 2.45) is 11.8 Å². The Bertz CT molecular complexity index is 138. The van der Waals surface area contributed by atoms with Crippen LogP contribution in [0.1, 0.15) is 52.9 Å². The average molecular weight is 197 g/mol. The standard InChI is InChI=1S/C13H27N/c1-4-7-12(2)13(3)8-11-14-9-5-6-10-14/h12-13H,4-11H2,1-3H3. The first-order valence-electron chi connectivity index (χ1n) is 6.46. The summed E-state index contributed by atoms with van der Waals surface area (Å²) in [5.41, 5.74) is 0. The van der Waals surface area contributed by atoms with Gasteiger partial charge in [-0.3, -0.25) is 0 Å². The predicted molar refractivity (Wildman–Crippen MR) is 63.5 cm³/mol. The maximum atomic E-state index is 2.63. The molecule has 0 N–H and O–H groups in total. The fourth-order valence-electron chi connectivity index (χ4n) is 2.42. The molecule has 1 heterocycles. The predicted octanol–water partition coefficient (Wildman–Crippen LogP) is 3.54. The summed E-state index contributed by atoms with van der Waals surface area (Å²) in [7, 11) is 0. The van der Waals surface area contributed by atoms with Crippen molar-refractivity contribution < 1.29 is 0 Å². The summed E-state index contributed by atoms with van der Waals surface area (Å²) in [5.74, 6) is 1.83. The van der Waals surface area contributed by atoms with Gasteiger partial charge in [-0.25, -0.2) is 0 Å². The molecule has 1 aliphatic heterocycles. The van der Waals surface area contributed by atoms with Gasteiger partial charge < -0.3 is 4.90 Å². The molecular weight excluding hydrogens is 170 g/mol. The van der Waals surface area contributed by atoms with Crippen LogP contribution in [-0.2, 0) is 0 Å². The molecule has 1 saturated heterocycles. The third kappa shape index (κ3) is 4.00. The van der Waals surface area contributed by atoms with Crippen LogP contribution in [0, 0.1) is 11.8 Å². The van der Waals surface area contributed by atoms with Gasteiger partial charge in [0, 0.05) is 0 Å². The summed E-state index contributed by atoms with van der Waals surface area (Å²) in [4.78, 5) is 2.63. The Morgan fingerprint density at radius 3 is 2.14 bits per heavy atom. The van der Waals surface area contributed by atoms with Crippen LogP contribution in [0.4, 0.5) is 0 Å². The molecule has 1 rings (SSSR count). The lowest BCUT2D eigenvalue weighted by molar-refractivity contribution is 0.266. The number of hydrogen-bond acceptors (Lipinski definition) is 1. The first-order chi connectivity index (χ1) is 6.74. The lowest BCUT2D eigenvalue weighted by Gasteiger charge is -2.22. The maximum Gasteiger partial charge on any atom is -0.00161 e. The van der Waals surface area contributed by atoms with Crippen LogP contribution in [0.3, 0.4) is 0 Å². The van der Waals surface area contributed by atoms with Gasteiger partial charge in [0.1, 0.15) is 0 Å². The van der Waals surface area contributed by atoms with E-state index < -0.39 is 0 Å². The van der Waals surface area contributed by atoms with Crippen LogP contribution < -0.4 is 0 Å². The Morgan fingerprint density at radius 1 is 1.00 bits per heavy atom. The lowest BCUT2D eigenvalue weighted by Crippen LogP contribution is -2.23. The fourth-order valence-corrected chi connectivity index (χ4v) is 2.42. The van der Waals surface area contributed by atoms with Gasteiger partial charge >= 0.3 is 0 Å². The normalized spacial score (nSPS) is 22.5. The molecule has 2 unspecified atom stereocenters.